The van der Waals surface area contributed by atoms with Gasteiger partial charge in [-0.2, -0.15) is 0 Å². The third-order valence-electron chi connectivity index (χ3n) is 5.41. The first-order valence-electron chi connectivity index (χ1n) is 13.5. The molecular formula is C31H53ClN2. The molecule has 1 aliphatic heterocycles. The summed E-state index contributed by atoms with van der Waals surface area (Å²) in [5.74, 6) is 2.98. The number of rotatable bonds is 12. The van der Waals surface area contributed by atoms with Crippen molar-refractivity contribution >= 4 is 11.6 Å². The Morgan fingerprint density at radius 1 is 1.18 bits per heavy atom. The van der Waals surface area contributed by atoms with Crippen LogP contribution < -0.4 is 10.6 Å². The zero-order chi connectivity index (χ0) is 26.0. The van der Waals surface area contributed by atoms with E-state index in [1.54, 1.807) is 6.92 Å². The molecular weight excluding hydrogens is 436 g/mol. The monoisotopic (exact) mass is 488 g/mol. The standard InChI is InChI=1S/C26H43ClN2.C3H4.C2H6/c1-5-13-22(7-3)15-10-9-11-16-23(14-6-2)21-29-26(25(27)8-4)24-17-12-19-28-20-18-24;1-3-2;1-2/h8,10-11,14-16,22,28-29H,5-7,9,12-13,17-21H2,1-4H3;1H,2H3;1-2H3/b15-10-,16-11-,23-14+,25-8+,26-24-;;. The van der Waals surface area contributed by atoms with E-state index in [0.29, 0.717) is 0 Å². The summed E-state index contributed by atoms with van der Waals surface area (Å²) in [6.07, 6.45) is 27.3. The minimum absolute atomic E-state index is 0.729. The van der Waals surface area contributed by atoms with Crippen LogP contribution in [0.1, 0.15) is 99.8 Å². The molecule has 1 atom stereocenters. The molecule has 34 heavy (non-hydrogen) atoms. The summed E-state index contributed by atoms with van der Waals surface area (Å²) < 4.78 is 0. The minimum Gasteiger partial charge on any atom is -0.380 e. The molecule has 0 saturated carbocycles. The van der Waals surface area contributed by atoms with Crippen molar-refractivity contribution < 1.29 is 0 Å². The van der Waals surface area contributed by atoms with Crippen LogP contribution in [0.25, 0.3) is 0 Å². The average Bonchev–Trinajstić information content (AvgIpc) is 3.14. The average molecular weight is 489 g/mol. The number of hydrogen-bond donors (Lipinski definition) is 2. The van der Waals surface area contributed by atoms with E-state index < -0.39 is 0 Å². The van der Waals surface area contributed by atoms with Gasteiger partial charge in [0.15, 0.2) is 0 Å². The first-order chi connectivity index (χ1) is 16.6. The highest BCUT2D eigenvalue weighted by atomic mass is 35.5. The van der Waals surface area contributed by atoms with Crippen molar-refractivity contribution in [3.05, 3.63) is 58.3 Å². The van der Waals surface area contributed by atoms with Crippen molar-refractivity contribution in [3.8, 4) is 12.3 Å². The Morgan fingerprint density at radius 3 is 2.47 bits per heavy atom. The lowest BCUT2D eigenvalue weighted by molar-refractivity contribution is 0.562. The van der Waals surface area contributed by atoms with Crippen LogP contribution in [-0.2, 0) is 0 Å². The molecule has 1 saturated heterocycles. The van der Waals surface area contributed by atoms with Gasteiger partial charge in [0.2, 0.25) is 0 Å². The molecule has 1 rings (SSSR count). The topological polar surface area (TPSA) is 24.1 Å². The fraction of sp³-hybridized carbons (Fsp3) is 0.613. The molecule has 0 amide bonds. The van der Waals surface area contributed by atoms with Crippen LogP contribution in [0.2, 0.25) is 0 Å². The third-order valence-corrected chi connectivity index (χ3v) is 5.82. The Labute approximate surface area is 218 Å². The molecule has 194 valence electrons. The molecule has 1 heterocycles. The van der Waals surface area contributed by atoms with Crippen LogP contribution in [0.5, 0.6) is 0 Å². The van der Waals surface area contributed by atoms with E-state index in [9.17, 15) is 0 Å². The molecule has 2 nitrogen and oxygen atoms in total. The van der Waals surface area contributed by atoms with Crippen molar-refractivity contribution in [3.63, 3.8) is 0 Å². The lowest BCUT2D eigenvalue weighted by Crippen LogP contribution is -2.19. The zero-order valence-electron chi connectivity index (χ0n) is 23.3. The van der Waals surface area contributed by atoms with Crippen LogP contribution in [0, 0.1) is 18.3 Å². The second-order valence-electron chi connectivity index (χ2n) is 8.07. The van der Waals surface area contributed by atoms with Gasteiger partial charge in [0, 0.05) is 6.54 Å². The highest BCUT2D eigenvalue weighted by molar-refractivity contribution is 6.31. The van der Waals surface area contributed by atoms with E-state index >= 15 is 0 Å². The molecule has 0 radical (unpaired) electrons. The molecule has 0 spiro atoms. The summed E-state index contributed by atoms with van der Waals surface area (Å²) in [5, 5.41) is 7.97. The highest BCUT2D eigenvalue weighted by Crippen LogP contribution is 2.23. The Morgan fingerprint density at radius 2 is 1.88 bits per heavy atom. The number of halogens is 1. The molecule has 3 heteroatoms. The van der Waals surface area contributed by atoms with Gasteiger partial charge in [-0.15, -0.1) is 12.3 Å². The van der Waals surface area contributed by atoms with E-state index in [4.69, 9.17) is 11.6 Å². The third kappa shape index (κ3) is 17.7. The first-order valence-corrected chi connectivity index (χ1v) is 13.8. The van der Waals surface area contributed by atoms with Crippen molar-refractivity contribution in [2.45, 2.75) is 99.8 Å². The van der Waals surface area contributed by atoms with Gasteiger partial charge in [-0.1, -0.05) is 89.1 Å². The normalized spacial score (nSPS) is 17.1. The molecule has 0 aromatic heterocycles. The number of hydrogen-bond acceptors (Lipinski definition) is 2. The maximum absolute atomic E-state index is 6.57. The summed E-state index contributed by atoms with van der Waals surface area (Å²) in [4.78, 5) is 0. The summed E-state index contributed by atoms with van der Waals surface area (Å²) in [7, 11) is 0. The summed E-state index contributed by atoms with van der Waals surface area (Å²) in [6.45, 7) is 17.3. The molecule has 0 aromatic rings. The predicted octanol–water partition coefficient (Wildman–Crippen LogP) is 9.08. The Balaban J connectivity index is 0. The maximum Gasteiger partial charge on any atom is 0.0594 e. The van der Waals surface area contributed by atoms with Crippen molar-refractivity contribution in [2.75, 3.05) is 19.6 Å². The van der Waals surface area contributed by atoms with Gasteiger partial charge in [-0.05, 0) is 88.9 Å². The van der Waals surface area contributed by atoms with Gasteiger partial charge in [0.1, 0.15) is 0 Å². The number of nitrogens with one attached hydrogen (secondary N) is 2. The van der Waals surface area contributed by atoms with E-state index in [1.807, 2.05) is 26.8 Å². The van der Waals surface area contributed by atoms with Gasteiger partial charge >= 0.3 is 0 Å². The van der Waals surface area contributed by atoms with E-state index in [1.165, 1.54) is 36.8 Å². The lowest BCUT2D eigenvalue weighted by Gasteiger charge is -2.16. The Kier molecular flexibility index (Phi) is 26.3. The second-order valence-corrected chi connectivity index (χ2v) is 8.48. The molecule has 1 fully saturated rings. The Bertz CT molecular complexity index is 664. The van der Waals surface area contributed by atoms with E-state index in [0.717, 1.165) is 62.0 Å². The second kappa shape index (κ2) is 25.9. The van der Waals surface area contributed by atoms with Crippen molar-refractivity contribution in [1.29, 1.82) is 0 Å². The minimum atomic E-state index is 0.729. The van der Waals surface area contributed by atoms with E-state index in [2.05, 4.69) is 74.1 Å². The van der Waals surface area contributed by atoms with Gasteiger partial charge in [-0.25, -0.2) is 0 Å². The van der Waals surface area contributed by atoms with Crippen LogP contribution in [0.3, 0.4) is 0 Å². The van der Waals surface area contributed by atoms with Gasteiger partial charge in [0.25, 0.3) is 0 Å². The zero-order valence-corrected chi connectivity index (χ0v) is 24.0. The van der Waals surface area contributed by atoms with Gasteiger partial charge in [0.05, 0.1) is 10.7 Å². The number of terminal acetylenes is 1. The molecule has 1 unspecified atom stereocenters. The summed E-state index contributed by atoms with van der Waals surface area (Å²) in [6, 6.07) is 0. The van der Waals surface area contributed by atoms with Crippen molar-refractivity contribution in [2.24, 2.45) is 5.92 Å². The fourth-order valence-electron chi connectivity index (χ4n) is 3.72. The molecule has 2 N–H and O–H groups in total. The first kappa shape index (κ1) is 34.5. The smallest absolute Gasteiger partial charge is 0.0594 e. The van der Waals surface area contributed by atoms with Crippen molar-refractivity contribution in [1.82, 2.24) is 10.6 Å². The van der Waals surface area contributed by atoms with Crippen LogP contribution in [-0.4, -0.2) is 19.6 Å². The van der Waals surface area contributed by atoms with E-state index in [-0.39, 0.29) is 0 Å². The van der Waals surface area contributed by atoms with Crippen LogP contribution in [0.15, 0.2) is 58.3 Å². The maximum atomic E-state index is 6.57. The molecule has 0 aromatic carbocycles. The molecule has 1 aliphatic rings. The fourth-order valence-corrected chi connectivity index (χ4v) is 3.92. The lowest BCUT2D eigenvalue weighted by atomic mass is 10.00. The van der Waals surface area contributed by atoms with Crippen LogP contribution >= 0.6 is 11.6 Å². The summed E-state index contributed by atoms with van der Waals surface area (Å²) >= 11 is 6.57. The molecule has 0 aliphatic carbocycles. The largest absolute Gasteiger partial charge is 0.380 e. The molecule has 0 bridgehead atoms. The van der Waals surface area contributed by atoms with Gasteiger partial charge in [-0.3, -0.25) is 0 Å². The van der Waals surface area contributed by atoms with Gasteiger partial charge < -0.3 is 10.6 Å². The van der Waals surface area contributed by atoms with Crippen LogP contribution in [0.4, 0.5) is 0 Å². The highest BCUT2D eigenvalue weighted by Gasteiger charge is 2.12. The Hall–Kier alpha value is -1.69. The summed E-state index contributed by atoms with van der Waals surface area (Å²) in [5.41, 5.74) is 3.91. The number of allylic oxidation sites excluding steroid dienone is 6. The quantitative estimate of drug-likeness (QED) is 0.162. The SMILES string of the molecule is C#CC.C/C=C(Cl)\C(NCC(/C=C\C/C=C\C(CC)CCC)=C/CC)=C1/CCCNCC1.CC. The predicted molar refractivity (Wildman–Crippen MR) is 157 cm³/mol.